The number of hydrogen-bond acceptors (Lipinski definition) is 6. The number of hydrogen-bond donors (Lipinski definition) is 0. The summed E-state index contributed by atoms with van der Waals surface area (Å²) in [5.74, 6) is 2.41. The second kappa shape index (κ2) is 11.4. The molecule has 9 heteroatoms. The van der Waals surface area contributed by atoms with Crippen LogP contribution in [0.3, 0.4) is 0 Å². The van der Waals surface area contributed by atoms with E-state index in [0.717, 1.165) is 39.6 Å². The minimum absolute atomic E-state index is 0. The van der Waals surface area contributed by atoms with Crippen molar-refractivity contribution in [3.8, 4) is 17.1 Å². The summed E-state index contributed by atoms with van der Waals surface area (Å²) in [4.78, 5) is 12.6. The first-order chi connectivity index (χ1) is 19.0. The third-order valence-corrected chi connectivity index (χ3v) is 6.48. The molecular formula is C31H28IrN7O-. The summed E-state index contributed by atoms with van der Waals surface area (Å²) in [6.07, 6.45) is 7.70. The van der Waals surface area contributed by atoms with Crippen molar-refractivity contribution in [1.29, 1.82) is 0 Å². The Kier molecular flexibility index (Phi) is 7.78. The third kappa shape index (κ3) is 5.26. The Hall–Kier alpha value is -4.33. The summed E-state index contributed by atoms with van der Waals surface area (Å²) in [6, 6.07) is 25.4. The molecule has 6 aromatic rings. The second-order valence-corrected chi connectivity index (χ2v) is 9.41. The summed E-state index contributed by atoms with van der Waals surface area (Å²) in [7, 11) is 1.99. The van der Waals surface area contributed by atoms with E-state index in [0.29, 0.717) is 5.89 Å². The molecule has 0 saturated carbocycles. The molecule has 1 aliphatic rings. The van der Waals surface area contributed by atoms with Gasteiger partial charge in [-0.2, -0.15) is 0 Å². The van der Waals surface area contributed by atoms with Gasteiger partial charge in [-0.1, -0.05) is 41.0 Å². The average molecular weight is 707 g/mol. The Bertz CT molecular complexity index is 1790. The first-order valence-corrected chi connectivity index (χ1v) is 12.7. The summed E-state index contributed by atoms with van der Waals surface area (Å²) in [5.41, 5.74) is 6.94. The second-order valence-electron chi connectivity index (χ2n) is 9.41. The van der Waals surface area contributed by atoms with Crippen molar-refractivity contribution < 1.29 is 29.0 Å². The molecule has 0 fully saturated rings. The molecule has 0 saturated heterocycles. The molecule has 7 rings (SSSR count). The fraction of sp³-hybridized carbons (Fsp3) is 0.129. The van der Waals surface area contributed by atoms with Crippen molar-refractivity contribution in [1.82, 2.24) is 24.5 Å². The summed E-state index contributed by atoms with van der Waals surface area (Å²) in [5, 5.41) is 4.85. The molecule has 0 unspecified atom stereocenters. The molecule has 0 atom stereocenters. The van der Waals surface area contributed by atoms with Gasteiger partial charge < -0.3 is 14.2 Å². The SMILES string of the molecule is CN1C=CN(c2ccccn2)[CH-]1.Cc1nc2cc(-c3n[n+]4ccccc4n3-c3c(C)cccc3C)[c-]cc2o1.[Ir]. The number of pyridine rings is 2. The molecule has 0 N–H and O–H groups in total. The first-order valence-electron chi connectivity index (χ1n) is 12.7. The number of fused-ring (bicyclic) bond motifs is 2. The van der Waals surface area contributed by atoms with Gasteiger partial charge >= 0.3 is 5.65 Å². The summed E-state index contributed by atoms with van der Waals surface area (Å²) < 4.78 is 9.68. The van der Waals surface area contributed by atoms with Crippen LogP contribution in [0.1, 0.15) is 17.0 Å². The number of rotatable bonds is 3. The Balaban J connectivity index is 0.000000209. The van der Waals surface area contributed by atoms with Crippen molar-refractivity contribution in [2.45, 2.75) is 20.8 Å². The molecule has 1 aliphatic heterocycles. The molecule has 1 radical (unpaired) electrons. The molecule has 8 nitrogen and oxygen atoms in total. The number of anilines is 1. The molecule has 40 heavy (non-hydrogen) atoms. The van der Waals surface area contributed by atoms with E-state index >= 15 is 0 Å². The smallest absolute Gasteiger partial charge is 0.304 e. The zero-order valence-corrected chi connectivity index (χ0v) is 25.0. The fourth-order valence-electron chi connectivity index (χ4n) is 4.70. The van der Waals surface area contributed by atoms with Crippen molar-refractivity contribution in [3.05, 3.63) is 121 Å². The van der Waals surface area contributed by atoms with Gasteiger partial charge in [0, 0.05) is 44.8 Å². The number of benzene rings is 2. The van der Waals surface area contributed by atoms with E-state index in [-0.39, 0.29) is 20.1 Å². The topological polar surface area (TPSA) is 67.3 Å². The van der Waals surface area contributed by atoms with Crippen molar-refractivity contribution >= 4 is 22.6 Å². The van der Waals surface area contributed by atoms with Gasteiger partial charge in [-0.15, -0.1) is 29.4 Å². The molecule has 0 amide bonds. The third-order valence-electron chi connectivity index (χ3n) is 6.48. The Morgan fingerprint density at radius 1 is 0.950 bits per heavy atom. The van der Waals surface area contributed by atoms with Crippen LogP contribution < -0.4 is 9.42 Å². The van der Waals surface area contributed by atoms with E-state index < -0.39 is 0 Å². The van der Waals surface area contributed by atoms with Crippen LogP contribution in [0.15, 0.2) is 95.9 Å². The maximum absolute atomic E-state index is 5.60. The molecule has 5 heterocycles. The van der Waals surface area contributed by atoms with Crippen LogP contribution in [0.25, 0.3) is 33.8 Å². The minimum atomic E-state index is 0. The van der Waals surface area contributed by atoms with Crippen LogP contribution >= 0.6 is 0 Å². The van der Waals surface area contributed by atoms with Crippen LogP contribution in [0.5, 0.6) is 0 Å². The number of aromatic nitrogens is 5. The van der Waals surface area contributed by atoms with Gasteiger partial charge in [0.05, 0.1) is 5.58 Å². The average Bonchev–Trinajstić information content (AvgIpc) is 3.65. The van der Waals surface area contributed by atoms with Crippen molar-refractivity contribution in [3.63, 3.8) is 0 Å². The van der Waals surface area contributed by atoms with Gasteiger partial charge in [-0.3, -0.25) is 0 Å². The Morgan fingerprint density at radius 2 is 1.75 bits per heavy atom. The largest absolute Gasteiger partial charge is 0.510 e. The Labute approximate surface area is 246 Å². The van der Waals surface area contributed by atoms with Crippen molar-refractivity contribution in [2.24, 2.45) is 0 Å². The van der Waals surface area contributed by atoms with E-state index in [1.807, 2.05) is 96.0 Å². The normalized spacial score (nSPS) is 12.5. The molecule has 0 aliphatic carbocycles. The van der Waals surface area contributed by atoms with Gasteiger partial charge in [0.15, 0.2) is 11.7 Å². The van der Waals surface area contributed by atoms with E-state index in [1.165, 1.54) is 11.1 Å². The first kappa shape index (κ1) is 27.2. The molecule has 203 valence electrons. The Morgan fingerprint density at radius 3 is 2.48 bits per heavy atom. The van der Waals surface area contributed by atoms with Gasteiger partial charge in [0.25, 0.3) is 0 Å². The van der Waals surface area contributed by atoms with Crippen LogP contribution in [0, 0.1) is 33.5 Å². The molecule has 0 bridgehead atoms. The number of aryl methyl sites for hydroxylation is 3. The predicted molar refractivity (Wildman–Crippen MR) is 151 cm³/mol. The van der Waals surface area contributed by atoms with Gasteiger partial charge in [0.1, 0.15) is 17.7 Å². The monoisotopic (exact) mass is 707 g/mol. The van der Waals surface area contributed by atoms with Gasteiger partial charge in [-0.25, -0.2) is 14.5 Å². The molecule has 2 aromatic carbocycles. The predicted octanol–water partition coefficient (Wildman–Crippen LogP) is 5.57. The molecule has 4 aromatic heterocycles. The number of nitrogens with zero attached hydrogens (tertiary/aromatic N) is 7. The maximum Gasteiger partial charge on any atom is 0.304 e. The van der Waals surface area contributed by atoms with E-state index in [2.05, 4.69) is 58.7 Å². The molecule has 0 spiro atoms. The zero-order valence-electron chi connectivity index (χ0n) is 22.6. The molecular weight excluding hydrogens is 679 g/mol. The number of para-hydroxylation sites is 1. The van der Waals surface area contributed by atoms with Crippen LogP contribution in [-0.2, 0) is 20.1 Å². The van der Waals surface area contributed by atoms with Gasteiger partial charge in [0.2, 0.25) is 0 Å². The zero-order chi connectivity index (χ0) is 26.9. The van der Waals surface area contributed by atoms with Crippen LogP contribution in [0.2, 0.25) is 0 Å². The van der Waals surface area contributed by atoms with E-state index in [9.17, 15) is 0 Å². The standard InChI is InChI=1S/C22H18N4O.C9H10N3.Ir/c1-14-7-6-8-15(2)21(14)26-20-9-4-5-12-25(20)24-22(26)17-10-11-19-18(13-17)23-16(3)27-19;1-11-6-7-12(8-11)9-4-2-3-5-10-9;/h4-9,11-13H,1-3H3;2-8H,1H3;/q;-1;. The quantitative estimate of drug-likeness (QED) is 0.177. The van der Waals surface area contributed by atoms with E-state index in [1.54, 1.807) is 6.20 Å². The summed E-state index contributed by atoms with van der Waals surface area (Å²) in [6.45, 7) is 8.07. The fourth-order valence-corrected chi connectivity index (χ4v) is 4.70. The van der Waals surface area contributed by atoms with E-state index in [4.69, 9.17) is 9.52 Å². The van der Waals surface area contributed by atoms with Crippen LogP contribution in [0.4, 0.5) is 5.82 Å². The minimum Gasteiger partial charge on any atom is -0.510 e. The number of oxazole rings is 1. The maximum atomic E-state index is 5.60. The summed E-state index contributed by atoms with van der Waals surface area (Å²) >= 11 is 0. The van der Waals surface area contributed by atoms with Crippen LogP contribution in [-0.4, -0.2) is 31.6 Å². The van der Waals surface area contributed by atoms with Gasteiger partial charge in [-0.05, 0) is 62.6 Å². The van der Waals surface area contributed by atoms with Crippen molar-refractivity contribution in [2.75, 3.05) is 11.9 Å².